The molecule has 2 fully saturated rings. The molecule has 2 aliphatic rings. The van der Waals surface area contributed by atoms with Gasteiger partial charge in [-0.25, -0.2) is 9.78 Å². The van der Waals surface area contributed by atoms with Gasteiger partial charge in [-0.1, -0.05) is 0 Å². The van der Waals surface area contributed by atoms with Crippen LogP contribution in [-0.2, 0) is 4.79 Å². The number of aromatic nitrogens is 1. The summed E-state index contributed by atoms with van der Waals surface area (Å²) in [6.07, 6.45) is 4.44. The lowest BCUT2D eigenvalue weighted by atomic mass is 9.93. The van der Waals surface area contributed by atoms with E-state index in [1.807, 2.05) is 17.2 Å². The average Bonchev–Trinajstić information content (AvgIpc) is 3.26. The summed E-state index contributed by atoms with van der Waals surface area (Å²) < 4.78 is 0. The number of carbonyl (C=O) groups is 2. The fourth-order valence-electron chi connectivity index (χ4n) is 3.17. The van der Waals surface area contributed by atoms with Crippen molar-refractivity contribution in [3.05, 3.63) is 16.1 Å². The molecule has 1 atom stereocenters. The Hall–Kier alpha value is -1.63. The number of piperidine rings is 1. The van der Waals surface area contributed by atoms with Crippen LogP contribution in [0.1, 0.15) is 48.8 Å². The van der Waals surface area contributed by atoms with Crippen LogP contribution in [0.5, 0.6) is 0 Å². The van der Waals surface area contributed by atoms with E-state index in [0.717, 1.165) is 36.4 Å². The van der Waals surface area contributed by atoms with E-state index in [2.05, 4.69) is 10.3 Å². The van der Waals surface area contributed by atoms with Crippen molar-refractivity contribution in [3.8, 4) is 0 Å². The summed E-state index contributed by atoms with van der Waals surface area (Å²) in [4.78, 5) is 29.9. The van der Waals surface area contributed by atoms with E-state index in [4.69, 9.17) is 5.73 Å². The van der Waals surface area contributed by atoms with Crippen LogP contribution in [0.3, 0.4) is 0 Å². The number of hydrogen-bond acceptors (Lipinski definition) is 4. The van der Waals surface area contributed by atoms with Crippen LogP contribution < -0.4 is 11.1 Å². The van der Waals surface area contributed by atoms with E-state index in [0.29, 0.717) is 31.3 Å². The molecule has 0 radical (unpaired) electrons. The fourth-order valence-corrected chi connectivity index (χ4v) is 4.11. The Kier molecular flexibility index (Phi) is 4.84. The number of amides is 3. The van der Waals surface area contributed by atoms with Crippen molar-refractivity contribution in [2.24, 2.45) is 17.6 Å². The van der Waals surface area contributed by atoms with Crippen LogP contribution in [-0.4, -0.2) is 34.9 Å². The van der Waals surface area contributed by atoms with Crippen LogP contribution in [0.4, 0.5) is 4.79 Å². The molecule has 1 aliphatic carbocycles. The highest BCUT2D eigenvalue weighted by atomic mass is 32.1. The number of primary amides is 1. The maximum Gasteiger partial charge on any atom is 0.317 e. The molecule has 0 bridgehead atoms. The number of likely N-dealkylation sites (tertiary alicyclic amines) is 1. The Morgan fingerprint density at radius 2 is 2.09 bits per heavy atom. The molecule has 1 saturated carbocycles. The summed E-state index contributed by atoms with van der Waals surface area (Å²) in [7, 11) is 0. The van der Waals surface area contributed by atoms with Crippen LogP contribution in [0.15, 0.2) is 5.38 Å². The van der Waals surface area contributed by atoms with E-state index in [9.17, 15) is 9.59 Å². The molecule has 3 N–H and O–H groups in total. The normalized spacial score (nSPS) is 20.3. The van der Waals surface area contributed by atoms with Crippen LogP contribution in [0.25, 0.3) is 0 Å². The van der Waals surface area contributed by atoms with Gasteiger partial charge in [-0.05, 0) is 44.4 Å². The largest absolute Gasteiger partial charge is 0.370 e. The number of hydrogen-bond donors (Lipinski definition) is 2. The van der Waals surface area contributed by atoms with Gasteiger partial charge < -0.3 is 16.0 Å². The first kappa shape index (κ1) is 16.2. The zero-order valence-electron chi connectivity index (χ0n) is 13.5. The highest BCUT2D eigenvalue weighted by Gasteiger charge is 2.36. The molecule has 6 nitrogen and oxygen atoms in total. The molecule has 1 saturated heterocycles. The lowest BCUT2D eigenvalue weighted by molar-refractivity contribution is -0.119. The maximum absolute atomic E-state index is 12.5. The van der Waals surface area contributed by atoms with E-state index in [1.54, 1.807) is 11.3 Å². The number of aryl methyl sites for hydroxylation is 1. The van der Waals surface area contributed by atoms with Crippen molar-refractivity contribution in [1.29, 1.82) is 0 Å². The molecule has 0 aromatic carbocycles. The highest BCUT2D eigenvalue weighted by Crippen LogP contribution is 2.42. The molecule has 23 heavy (non-hydrogen) atoms. The van der Waals surface area contributed by atoms with Crippen molar-refractivity contribution in [3.63, 3.8) is 0 Å². The standard InChI is InChI=1S/C16H24N4O2S/c1-10-9-23-15(18-10)14(12-2-3-12)19-16(22)20-6-4-11(5-7-20)8-13(17)21/h9,11-12,14H,2-8H2,1H3,(H2,17,21)(H,19,22). The van der Waals surface area contributed by atoms with Crippen molar-refractivity contribution >= 4 is 23.3 Å². The van der Waals surface area contributed by atoms with Gasteiger partial charge in [0.2, 0.25) is 5.91 Å². The van der Waals surface area contributed by atoms with Crippen LogP contribution >= 0.6 is 11.3 Å². The van der Waals surface area contributed by atoms with Crippen LogP contribution in [0.2, 0.25) is 0 Å². The first-order valence-corrected chi connectivity index (χ1v) is 9.16. The van der Waals surface area contributed by atoms with Gasteiger partial charge in [0.15, 0.2) is 0 Å². The predicted molar refractivity (Wildman–Crippen MR) is 89.0 cm³/mol. The SMILES string of the molecule is Cc1csc(C(NC(=O)N2CCC(CC(N)=O)CC2)C2CC2)n1. The number of carbonyl (C=O) groups excluding carboxylic acids is 2. The van der Waals surface area contributed by atoms with Gasteiger partial charge in [-0.15, -0.1) is 11.3 Å². The molecule has 3 rings (SSSR count). The summed E-state index contributed by atoms with van der Waals surface area (Å²) in [5.41, 5.74) is 6.26. The molecule has 7 heteroatoms. The summed E-state index contributed by atoms with van der Waals surface area (Å²) in [6, 6.07) is 0.0387. The number of thiazole rings is 1. The van der Waals surface area contributed by atoms with Gasteiger partial charge in [0.05, 0.1) is 6.04 Å². The van der Waals surface area contributed by atoms with Gasteiger partial charge in [0, 0.05) is 30.6 Å². The summed E-state index contributed by atoms with van der Waals surface area (Å²) in [6.45, 7) is 3.37. The second kappa shape index (κ2) is 6.86. The number of rotatable bonds is 5. The lowest BCUT2D eigenvalue weighted by Gasteiger charge is -2.32. The monoisotopic (exact) mass is 336 g/mol. The Bertz CT molecular complexity index is 576. The summed E-state index contributed by atoms with van der Waals surface area (Å²) in [5.74, 6) is 0.593. The molecular weight excluding hydrogens is 312 g/mol. The molecule has 126 valence electrons. The number of nitrogens with two attached hydrogens (primary N) is 1. The molecule has 1 aromatic heterocycles. The molecule has 1 aromatic rings. The predicted octanol–water partition coefficient (Wildman–Crippen LogP) is 2.20. The Labute approximate surface area is 140 Å². The molecule has 1 aliphatic heterocycles. The molecule has 2 heterocycles. The molecular formula is C16H24N4O2S. The minimum absolute atomic E-state index is 0.00715. The van der Waals surface area contributed by atoms with Gasteiger partial charge >= 0.3 is 6.03 Å². The quantitative estimate of drug-likeness (QED) is 0.864. The highest BCUT2D eigenvalue weighted by molar-refractivity contribution is 7.09. The Morgan fingerprint density at radius 1 is 1.39 bits per heavy atom. The molecule has 3 amide bonds. The zero-order chi connectivity index (χ0) is 16.4. The topological polar surface area (TPSA) is 88.3 Å². The van der Waals surface area contributed by atoms with Crippen LogP contribution in [0, 0.1) is 18.8 Å². The summed E-state index contributed by atoms with van der Waals surface area (Å²) in [5, 5.41) is 6.23. The number of nitrogens with one attached hydrogen (secondary N) is 1. The maximum atomic E-state index is 12.5. The second-order valence-electron chi connectivity index (χ2n) is 6.69. The minimum Gasteiger partial charge on any atom is -0.370 e. The third-order valence-electron chi connectivity index (χ3n) is 4.67. The molecule has 1 unspecified atom stereocenters. The van der Waals surface area contributed by atoms with Crippen molar-refractivity contribution in [2.75, 3.05) is 13.1 Å². The summed E-state index contributed by atoms with van der Waals surface area (Å²) >= 11 is 1.63. The fraction of sp³-hybridized carbons (Fsp3) is 0.688. The third kappa shape index (κ3) is 4.22. The van der Waals surface area contributed by atoms with Gasteiger partial charge in [0.1, 0.15) is 5.01 Å². The smallest absolute Gasteiger partial charge is 0.317 e. The average molecular weight is 336 g/mol. The van der Waals surface area contributed by atoms with Gasteiger partial charge in [0.25, 0.3) is 0 Å². The number of nitrogens with zero attached hydrogens (tertiary/aromatic N) is 2. The lowest BCUT2D eigenvalue weighted by Crippen LogP contribution is -2.46. The molecule has 0 spiro atoms. The van der Waals surface area contributed by atoms with Crippen molar-refractivity contribution in [1.82, 2.24) is 15.2 Å². The van der Waals surface area contributed by atoms with Gasteiger partial charge in [-0.2, -0.15) is 0 Å². The Balaban J connectivity index is 1.55. The van der Waals surface area contributed by atoms with E-state index in [-0.39, 0.29) is 18.0 Å². The zero-order valence-corrected chi connectivity index (χ0v) is 14.3. The first-order valence-electron chi connectivity index (χ1n) is 8.28. The van der Waals surface area contributed by atoms with E-state index < -0.39 is 0 Å². The van der Waals surface area contributed by atoms with Crippen molar-refractivity contribution < 1.29 is 9.59 Å². The second-order valence-corrected chi connectivity index (χ2v) is 7.58. The third-order valence-corrected chi connectivity index (χ3v) is 5.71. The number of urea groups is 1. The van der Waals surface area contributed by atoms with Gasteiger partial charge in [-0.3, -0.25) is 4.79 Å². The van der Waals surface area contributed by atoms with E-state index >= 15 is 0 Å². The minimum atomic E-state index is -0.249. The first-order chi connectivity index (χ1) is 11.0. The van der Waals surface area contributed by atoms with Crippen molar-refractivity contribution in [2.45, 2.75) is 45.1 Å². The Morgan fingerprint density at radius 3 is 2.61 bits per heavy atom. The van der Waals surface area contributed by atoms with E-state index in [1.165, 1.54) is 0 Å².